The Hall–Kier alpha value is -0.580. The molecule has 0 bridgehead atoms. The Morgan fingerprint density at radius 3 is 1.50 bits per heavy atom. The lowest BCUT2D eigenvalue weighted by Crippen LogP contribution is -1.88. The number of halogens is 5. The summed E-state index contributed by atoms with van der Waals surface area (Å²) in [6.07, 6.45) is 0. The Morgan fingerprint density at radius 2 is 1.33 bits per heavy atom. The zero-order valence-corrected chi connectivity index (χ0v) is 7.36. The van der Waals surface area contributed by atoms with Gasteiger partial charge in [0.1, 0.15) is 5.82 Å². The van der Waals surface area contributed by atoms with E-state index in [1.54, 1.807) is 18.2 Å². The molecular formula is C7H5BrF4. The number of hydrogen-bond donors (Lipinski definition) is 0. The van der Waals surface area contributed by atoms with Crippen molar-refractivity contribution in [1.29, 1.82) is 0 Å². The highest BCUT2D eigenvalue weighted by Gasteiger charge is 2.19. The first-order valence-corrected chi connectivity index (χ1v) is 3.65. The quantitative estimate of drug-likeness (QED) is 0.482. The van der Waals surface area contributed by atoms with Gasteiger partial charge in [-0.2, -0.15) is 13.2 Å². The second-order valence-corrected chi connectivity index (χ2v) is 2.62. The Kier molecular flexibility index (Phi) is 4.89. The van der Waals surface area contributed by atoms with Crippen LogP contribution in [0.4, 0.5) is 17.6 Å². The molecule has 0 radical (unpaired) electrons. The fourth-order valence-corrected chi connectivity index (χ4v) is 0.415. The van der Waals surface area contributed by atoms with E-state index in [4.69, 9.17) is 0 Å². The third-order valence-corrected chi connectivity index (χ3v) is 0.733. The summed E-state index contributed by atoms with van der Waals surface area (Å²) < 4.78 is 42.7. The summed E-state index contributed by atoms with van der Waals surface area (Å²) in [4.78, 5) is 0. The first-order valence-electron chi connectivity index (χ1n) is 2.86. The van der Waals surface area contributed by atoms with Crippen LogP contribution in [0.15, 0.2) is 30.3 Å². The molecule has 0 nitrogen and oxygen atoms in total. The van der Waals surface area contributed by atoms with Gasteiger partial charge in [0.25, 0.3) is 0 Å². The van der Waals surface area contributed by atoms with Crippen LogP contribution in [-0.4, -0.2) is 5.09 Å². The average Bonchev–Trinajstić information content (AvgIpc) is 1.85. The lowest BCUT2D eigenvalue weighted by Gasteiger charge is -1.85. The summed E-state index contributed by atoms with van der Waals surface area (Å²) in [6.45, 7) is 0. The SMILES string of the molecule is FC(F)(F)Br.Fc1ccccc1. The minimum atomic E-state index is -4.19. The number of hydrogen-bond acceptors (Lipinski definition) is 0. The van der Waals surface area contributed by atoms with E-state index in [0.717, 1.165) is 0 Å². The molecular weight excluding hydrogens is 240 g/mol. The molecule has 0 saturated heterocycles. The van der Waals surface area contributed by atoms with Gasteiger partial charge in [-0.25, -0.2) is 4.39 Å². The molecule has 0 amide bonds. The minimum absolute atomic E-state index is 0.178. The Labute approximate surface area is 75.3 Å². The van der Waals surface area contributed by atoms with Crippen LogP contribution in [0.3, 0.4) is 0 Å². The van der Waals surface area contributed by atoms with E-state index in [-0.39, 0.29) is 5.82 Å². The predicted octanol–water partition coefficient (Wildman–Crippen LogP) is 3.73. The molecule has 1 aromatic carbocycles. The Balaban J connectivity index is 0.000000217. The van der Waals surface area contributed by atoms with Gasteiger partial charge in [-0.3, -0.25) is 0 Å². The van der Waals surface area contributed by atoms with Gasteiger partial charge in [-0.05, 0) is 12.1 Å². The van der Waals surface area contributed by atoms with Crippen molar-refractivity contribution in [3.05, 3.63) is 36.1 Å². The Morgan fingerprint density at radius 1 is 1.00 bits per heavy atom. The maximum absolute atomic E-state index is 11.9. The zero-order chi connectivity index (χ0) is 9.61. The number of rotatable bonds is 0. The van der Waals surface area contributed by atoms with Crippen LogP contribution in [0.25, 0.3) is 0 Å². The molecule has 0 spiro atoms. The van der Waals surface area contributed by atoms with Crippen LogP contribution in [0.2, 0.25) is 0 Å². The third-order valence-electron chi connectivity index (χ3n) is 0.733. The van der Waals surface area contributed by atoms with E-state index >= 15 is 0 Å². The van der Waals surface area contributed by atoms with Gasteiger partial charge < -0.3 is 0 Å². The number of alkyl halides is 4. The van der Waals surface area contributed by atoms with Crippen molar-refractivity contribution in [2.45, 2.75) is 5.09 Å². The van der Waals surface area contributed by atoms with E-state index in [0.29, 0.717) is 0 Å². The average molecular weight is 245 g/mol. The minimum Gasteiger partial charge on any atom is -0.207 e. The molecule has 0 aliphatic heterocycles. The van der Waals surface area contributed by atoms with Crippen molar-refractivity contribution in [3.63, 3.8) is 0 Å². The predicted molar refractivity (Wildman–Crippen MR) is 41.4 cm³/mol. The van der Waals surface area contributed by atoms with Gasteiger partial charge in [0, 0.05) is 15.9 Å². The second kappa shape index (κ2) is 5.13. The second-order valence-electron chi connectivity index (χ2n) is 1.72. The smallest absolute Gasteiger partial charge is 0.207 e. The summed E-state index contributed by atoms with van der Waals surface area (Å²) in [7, 11) is 0. The summed E-state index contributed by atoms with van der Waals surface area (Å²) in [6, 6.07) is 7.94. The summed E-state index contributed by atoms with van der Waals surface area (Å²) in [5.74, 6) is -0.178. The maximum Gasteiger partial charge on any atom is 0.448 e. The highest BCUT2D eigenvalue weighted by atomic mass is 79.9. The molecule has 0 saturated carbocycles. The van der Waals surface area contributed by atoms with Crippen molar-refractivity contribution in [1.82, 2.24) is 0 Å². The fraction of sp³-hybridized carbons (Fsp3) is 0.143. The third kappa shape index (κ3) is 12.1. The normalized spacial score (nSPS) is 10.1. The topological polar surface area (TPSA) is 0 Å². The lowest BCUT2D eigenvalue weighted by molar-refractivity contribution is -0.0245. The molecule has 0 heterocycles. The zero-order valence-electron chi connectivity index (χ0n) is 5.78. The molecule has 0 N–H and O–H groups in total. The summed E-state index contributed by atoms with van der Waals surface area (Å²) in [5, 5.41) is -4.19. The molecule has 0 aromatic heterocycles. The molecule has 0 aliphatic carbocycles. The summed E-state index contributed by atoms with van der Waals surface area (Å²) in [5.41, 5.74) is 0. The molecule has 12 heavy (non-hydrogen) atoms. The first kappa shape index (κ1) is 11.4. The molecule has 1 rings (SSSR count). The van der Waals surface area contributed by atoms with Crippen LogP contribution in [0.1, 0.15) is 0 Å². The lowest BCUT2D eigenvalue weighted by atomic mass is 10.4. The van der Waals surface area contributed by atoms with Gasteiger partial charge in [0.05, 0.1) is 0 Å². The van der Waals surface area contributed by atoms with Gasteiger partial charge in [-0.15, -0.1) is 0 Å². The first-order chi connectivity index (χ1) is 5.39. The molecule has 0 atom stereocenters. The molecule has 68 valence electrons. The molecule has 0 unspecified atom stereocenters. The Bertz CT molecular complexity index is 200. The maximum atomic E-state index is 11.9. The van der Waals surface area contributed by atoms with Crippen molar-refractivity contribution in [2.24, 2.45) is 0 Å². The molecule has 0 fully saturated rings. The van der Waals surface area contributed by atoms with E-state index < -0.39 is 5.09 Å². The van der Waals surface area contributed by atoms with E-state index in [1.807, 2.05) is 0 Å². The highest BCUT2D eigenvalue weighted by Crippen LogP contribution is 2.21. The van der Waals surface area contributed by atoms with E-state index in [9.17, 15) is 17.6 Å². The largest absolute Gasteiger partial charge is 0.448 e. The van der Waals surface area contributed by atoms with Gasteiger partial charge in [0.15, 0.2) is 0 Å². The monoisotopic (exact) mass is 244 g/mol. The molecule has 5 heteroatoms. The van der Waals surface area contributed by atoms with Crippen molar-refractivity contribution in [3.8, 4) is 0 Å². The van der Waals surface area contributed by atoms with Gasteiger partial charge >= 0.3 is 5.09 Å². The van der Waals surface area contributed by atoms with Crippen molar-refractivity contribution >= 4 is 15.9 Å². The van der Waals surface area contributed by atoms with Crippen LogP contribution in [0, 0.1) is 5.82 Å². The van der Waals surface area contributed by atoms with Gasteiger partial charge in [0.2, 0.25) is 0 Å². The van der Waals surface area contributed by atoms with Crippen LogP contribution in [0.5, 0.6) is 0 Å². The van der Waals surface area contributed by atoms with E-state index in [1.165, 1.54) is 28.1 Å². The van der Waals surface area contributed by atoms with Crippen molar-refractivity contribution in [2.75, 3.05) is 0 Å². The standard InChI is InChI=1S/C6H5F.CBrF3/c7-6-4-2-1-3-5-6;2-1(3,4)5/h1-5H;. The molecule has 1 aromatic rings. The van der Waals surface area contributed by atoms with E-state index in [2.05, 4.69) is 0 Å². The number of benzene rings is 1. The highest BCUT2D eigenvalue weighted by molar-refractivity contribution is 9.09. The summed E-state index contributed by atoms with van der Waals surface area (Å²) >= 11 is 1.38. The van der Waals surface area contributed by atoms with Crippen molar-refractivity contribution < 1.29 is 17.6 Å². The van der Waals surface area contributed by atoms with Crippen LogP contribution < -0.4 is 0 Å². The van der Waals surface area contributed by atoms with Crippen LogP contribution >= 0.6 is 15.9 Å². The molecule has 0 aliphatic rings. The fourth-order valence-electron chi connectivity index (χ4n) is 0.415. The van der Waals surface area contributed by atoms with Crippen LogP contribution in [-0.2, 0) is 0 Å². The van der Waals surface area contributed by atoms with Gasteiger partial charge in [-0.1, -0.05) is 18.2 Å².